The molecule has 0 fully saturated rings. The highest BCUT2D eigenvalue weighted by Gasteiger charge is 2.38. The quantitative estimate of drug-likeness (QED) is 0.156. The molecule has 1 aliphatic heterocycles. The van der Waals surface area contributed by atoms with Crippen LogP contribution in [0.2, 0.25) is 0 Å². The van der Waals surface area contributed by atoms with E-state index in [0.29, 0.717) is 0 Å². The van der Waals surface area contributed by atoms with Crippen LogP contribution in [0, 0.1) is 0 Å². The van der Waals surface area contributed by atoms with Crippen LogP contribution in [0.15, 0.2) is 218 Å². The van der Waals surface area contributed by atoms with Gasteiger partial charge in [0.25, 0.3) is 0 Å². The fourth-order valence-electron chi connectivity index (χ4n) is 9.43. The zero-order valence-electron chi connectivity index (χ0n) is 33.2. The lowest BCUT2D eigenvalue weighted by Gasteiger charge is -2.43. The molecule has 0 aliphatic carbocycles. The summed E-state index contributed by atoms with van der Waals surface area (Å²) in [7, 11) is 0. The molecular weight excluding hydrogens is 713 g/mol. The van der Waals surface area contributed by atoms with Gasteiger partial charge >= 0.3 is 0 Å². The molecule has 59 heavy (non-hydrogen) atoms. The molecule has 0 amide bonds. The van der Waals surface area contributed by atoms with Crippen molar-refractivity contribution in [3.05, 3.63) is 230 Å². The van der Waals surface area contributed by atoms with E-state index >= 15 is 0 Å². The molecule has 11 rings (SSSR count). The Morgan fingerprint density at radius 1 is 0.322 bits per heavy atom. The van der Waals surface area contributed by atoms with Gasteiger partial charge in [-0.05, 0) is 132 Å². The number of fused-ring (bicyclic) bond motifs is 8. The monoisotopic (exact) mass is 754 g/mol. The third-order valence-corrected chi connectivity index (χ3v) is 12.4. The van der Waals surface area contributed by atoms with E-state index < -0.39 is 0 Å². The normalized spacial score (nSPS) is 13.0. The van der Waals surface area contributed by atoms with Crippen LogP contribution in [-0.2, 0) is 5.41 Å². The minimum absolute atomic E-state index is 0.326. The number of hydrogen-bond donors (Lipinski definition) is 0. The van der Waals surface area contributed by atoms with Gasteiger partial charge in [0.1, 0.15) is 0 Å². The summed E-state index contributed by atoms with van der Waals surface area (Å²) in [4.78, 5) is 4.89. The van der Waals surface area contributed by atoms with E-state index in [2.05, 4.69) is 242 Å². The van der Waals surface area contributed by atoms with E-state index in [-0.39, 0.29) is 5.41 Å². The van der Waals surface area contributed by atoms with Gasteiger partial charge in [-0.1, -0.05) is 166 Å². The number of benzene rings is 10. The van der Waals surface area contributed by atoms with Crippen molar-refractivity contribution in [3.63, 3.8) is 0 Å². The van der Waals surface area contributed by atoms with Crippen molar-refractivity contribution in [3.8, 4) is 22.3 Å². The standard InChI is InChI=1S/C57H42N2/c1-57(2)53-36-46(58(44-30-26-41(27-31-44)39-16-6-3-7-17-39)45-32-28-42(29-33-45)40-18-8-4-9-19-40)34-35-55(53)59(43-20-10-5-11-21-43)56-38-52-50-25-15-13-23-48(50)47-22-12-14-24-49(47)51(52)37-54(56)57/h3-38H,1-2H3. The molecule has 0 radical (unpaired) electrons. The molecule has 0 bridgehead atoms. The zero-order chi connectivity index (χ0) is 39.5. The summed E-state index contributed by atoms with van der Waals surface area (Å²) in [6.07, 6.45) is 0. The van der Waals surface area contributed by atoms with Crippen molar-refractivity contribution in [2.45, 2.75) is 19.3 Å². The molecule has 10 aromatic rings. The lowest BCUT2D eigenvalue weighted by Crippen LogP contribution is -2.31. The molecule has 0 aromatic heterocycles. The van der Waals surface area contributed by atoms with E-state index in [1.165, 1.54) is 77.1 Å². The van der Waals surface area contributed by atoms with Gasteiger partial charge in [0.05, 0.1) is 11.4 Å². The Morgan fingerprint density at radius 3 is 1.22 bits per heavy atom. The first kappa shape index (κ1) is 34.8. The first-order valence-electron chi connectivity index (χ1n) is 20.5. The zero-order valence-corrected chi connectivity index (χ0v) is 33.2. The van der Waals surface area contributed by atoms with Crippen LogP contribution in [0.5, 0.6) is 0 Å². The second-order valence-electron chi connectivity index (χ2n) is 16.2. The van der Waals surface area contributed by atoms with E-state index in [1.807, 2.05) is 0 Å². The van der Waals surface area contributed by atoms with Gasteiger partial charge in [0, 0.05) is 28.2 Å². The molecule has 2 nitrogen and oxygen atoms in total. The highest BCUT2D eigenvalue weighted by atomic mass is 15.2. The largest absolute Gasteiger partial charge is 0.310 e. The van der Waals surface area contributed by atoms with Gasteiger partial charge in [0.2, 0.25) is 0 Å². The molecule has 1 aliphatic rings. The first-order valence-corrected chi connectivity index (χ1v) is 20.5. The summed E-state index contributed by atoms with van der Waals surface area (Å²) in [5.41, 5.74) is 14.0. The van der Waals surface area contributed by atoms with Crippen LogP contribution in [0.4, 0.5) is 34.1 Å². The smallest absolute Gasteiger partial charge is 0.0509 e. The molecule has 2 heteroatoms. The van der Waals surface area contributed by atoms with Crippen LogP contribution in [0.25, 0.3) is 54.6 Å². The summed E-state index contributed by atoms with van der Waals surface area (Å²) in [6.45, 7) is 4.80. The molecule has 0 saturated carbocycles. The van der Waals surface area contributed by atoms with Crippen LogP contribution in [-0.4, -0.2) is 0 Å². The second kappa shape index (κ2) is 13.9. The van der Waals surface area contributed by atoms with Crippen molar-refractivity contribution < 1.29 is 0 Å². The lowest BCUT2D eigenvalue weighted by molar-refractivity contribution is 0.633. The fourth-order valence-corrected chi connectivity index (χ4v) is 9.43. The molecule has 0 saturated heterocycles. The lowest BCUT2D eigenvalue weighted by atomic mass is 9.72. The fraction of sp³-hybridized carbons (Fsp3) is 0.0526. The number of anilines is 6. The van der Waals surface area contributed by atoms with Crippen molar-refractivity contribution in [1.82, 2.24) is 0 Å². The van der Waals surface area contributed by atoms with Crippen LogP contribution in [0.1, 0.15) is 25.0 Å². The average molecular weight is 755 g/mol. The minimum atomic E-state index is -0.326. The minimum Gasteiger partial charge on any atom is -0.310 e. The van der Waals surface area contributed by atoms with Gasteiger partial charge in [-0.25, -0.2) is 0 Å². The Kier molecular flexibility index (Phi) is 8.20. The van der Waals surface area contributed by atoms with Gasteiger partial charge in [0.15, 0.2) is 0 Å². The first-order chi connectivity index (χ1) is 29.0. The summed E-state index contributed by atoms with van der Waals surface area (Å²) < 4.78 is 0. The Morgan fingerprint density at radius 2 is 0.712 bits per heavy atom. The highest BCUT2D eigenvalue weighted by Crippen LogP contribution is 2.55. The third kappa shape index (κ3) is 5.79. The number of para-hydroxylation sites is 1. The van der Waals surface area contributed by atoms with Gasteiger partial charge in [-0.15, -0.1) is 0 Å². The second-order valence-corrected chi connectivity index (χ2v) is 16.2. The number of rotatable bonds is 6. The third-order valence-electron chi connectivity index (χ3n) is 12.4. The molecule has 0 atom stereocenters. The van der Waals surface area contributed by atoms with Crippen LogP contribution < -0.4 is 9.80 Å². The van der Waals surface area contributed by atoms with Gasteiger partial charge < -0.3 is 9.80 Å². The highest BCUT2D eigenvalue weighted by molar-refractivity contribution is 6.26. The SMILES string of the molecule is CC1(C)c2cc(N(c3ccc(-c4ccccc4)cc3)c3ccc(-c4ccccc4)cc3)ccc2N(c2ccccc2)c2cc3c4ccccc4c4ccccc4c3cc21. The molecule has 1 heterocycles. The maximum Gasteiger partial charge on any atom is 0.0509 e. The van der Waals surface area contributed by atoms with Crippen LogP contribution in [0.3, 0.4) is 0 Å². The summed E-state index contributed by atoms with van der Waals surface area (Å²) >= 11 is 0. The predicted molar refractivity (Wildman–Crippen MR) is 251 cm³/mol. The van der Waals surface area contributed by atoms with E-state index in [1.54, 1.807) is 0 Å². The Balaban J connectivity index is 1.12. The molecular formula is C57H42N2. The van der Waals surface area contributed by atoms with Crippen molar-refractivity contribution in [1.29, 1.82) is 0 Å². The van der Waals surface area contributed by atoms with Crippen LogP contribution >= 0.6 is 0 Å². The molecule has 10 aromatic carbocycles. The van der Waals surface area contributed by atoms with Crippen molar-refractivity contribution in [2.24, 2.45) is 0 Å². The number of nitrogens with zero attached hydrogens (tertiary/aromatic N) is 2. The summed E-state index contributed by atoms with van der Waals surface area (Å²) in [5.74, 6) is 0. The van der Waals surface area contributed by atoms with Crippen molar-refractivity contribution in [2.75, 3.05) is 9.80 Å². The molecule has 0 spiro atoms. The van der Waals surface area contributed by atoms with E-state index in [4.69, 9.17) is 0 Å². The molecule has 0 N–H and O–H groups in total. The van der Waals surface area contributed by atoms with Gasteiger partial charge in [-0.3, -0.25) is 0 Å². The van der Waals surface area contributed by atoms with E-state index in [9.17, 15) is 0 Å². The summed E-state index contributed by atoms with van der Waals surface area (Å²) in [5, 5.41) is 7.71. The predicted octanol–water partition coefficient (Wildman–Crippen LogP) is 16.1. The summed E-state index contributed by atoms with van der Waals surface area (Å²) in [6, 6.07) is 79.9. The molecule has 0 unspecified atom stereocenters. The van der Waals surface area contributed by atoms with Crippen molar-refractivity contribution >= 4 is 66.4 Å². The average Bonchev–Trinajstić information content (AvgIpc) is 3.30. The van der Waals surface area contributed by atoms with Gasteiger partial charge in [-0.2, -0.15) is 0 Å². The maximum absolute atomic E-state index is 2.49. The Labute approximate surface area is 345 Å². The van der Waals surface area contributed by atoms with E-state index in [0.717, 1.165) is 22.7 Å². The Hall–Kier alpha value is -7.42. The number of hydrogen-bond acceptors (Lipinski definition) is 2. The molecule has 280 valence electrons. The maximum atomic E-state index is 2.49. The Bertz CT molecular complexity index is 3070. The topological polar surface area (TPSA) is 6.48 Å².